The first-order valence-corrected chi connectivity index (χ1v) is 6.48. The van der Waals surface area contributed by atoms with Gasteiger partial charge in [0.05, 0.1) is 23.3 Å². The monoisotopic (exact) mass is 265 g/mol. The normalized spacial score (nSPS) is 10.7. The van der Waals surface area contributed by atoms with Crippen molar-refractivity contribution >= 4 is 28.6 Å². The van der Waals surface area contributed by atoms with Crippen LogP contribution in [0.1, 0.15) is 10.4 Å². The van der Waals surface area contributed by atoms with Gasteiger partial charge in [-0.25, -0.2) is 4.79 Å². The maximum atomic E-state index is 11.8. The highest BCUT2D eigenvalue weighted by atomic mass is 32.2. The van der Waals surface area contributed by atoms with E-state index in [1.54, 1.807) is 18.2 Å². The minimum atomic E-state index is -0.291. The minimum absolute atomic E-state index is 0.0325. The molecular formula is C11H11N3O3S. The molecule has 6 nitrogen and oxygen atoms in total. The number of H-pyrrole nitrogens is 2. The predicted octanol–water partition coefficient (Wildman–Crippen LogP) is 1.54. The molecule has 2 aromatic rings. The van der Waals surface area contributed by atoms with Crippen LogP contribution in [0.25, 0.3) is 11.0 Å². The molecule has 2 rings (SSSR count). The predicted molar refractivity (Wildman–Crippen MR) is 71.2 cm³/mol. The lowest BCUT2D eigenvalue weighted by molar-refractivity contribution is 0.102. The Kier molecular flexibility index (Phi) is 3.93. The van der Waals surface area contributed by atoms with Crippen LogP contribution in [-0.2, 0) is 0 Å². The van der Waals surface area contributed by atoms with Crippen LogP contribution in [-0.4, -0.2) is 33.8 Å². The highest BCUT2D eigenvalue weighted by molar-refractivity contribution is 8.00. The molecule has 0 unspecified atom stereocenters. The molecule has 0 saturated heterocycles. The third kappa shape index (κ3) is 2.86. The fourth-order valence-electron chi connectivity index (χ4n) is 1.56. The summed E-state index contributed by atoms with van der Waals surface area (Å²) in [7, 11) is 0. The molecule has 0 aliphatic carbocycles. The van der Waals surface area contributed by atoms with E-state index in [0.717, 1.165) is 0 Å². The summed E-state index contributed by atoms with van der Waals surface area (Å²) in [6.07, 6.45) is 0. The molecule has 1 aromatic heterocycles. The smallest absolute Gasteiger partial charge is 0.306 e. The third-order valence-electron chi connectivity index (χ3n) is 2.40. The van der Waals surface area contributed by atoms with Crippen LogP contribution < -0.4 is 5.69 Å². The summed E-state index contributed by atoms with van der Waals surface area (Å²) < 4.78 is 0. The number of benzene rings is 1. The Hall–Kier alpha value is -1.89. The van der Waals surface area contributed by atoms with E-state index < -0.39 is 0 Å². The number of carbonyl (C=O) groups excluding carboxylic acids is 1. The van der Waals surface area contributed by atoms with E-state index in [4.69, 9.17) is 0 Å². The molecular weight excluding hydrogens is 254 g/mol. The molecule has 0 bridgehead atoms. The molecule has 0 amide bonds. The zero-order chi connectivity index (χ0) is 13.0. The number of hydrogen-bond acceptors (Lipinski definition) is 5. The van der Waals surface area contributed by atoms with E-state index in [9.17, 15) is 14.5 Å². The van der Waals surface area contributed by atoms with Crippen LogP contribution in [0.5, 0.6) is 0 Å². The van der Waals surface area contributed by atoms with E-state index >= 15 is 0 Å². The van der Waals surface area contributed by atoms with Gasteiger partial charge in [-0.2, -0.15) is 16.7 Å². The number of fused-ring (bicyclic) bond motifs is 1. The number of hydrogen-bond donors (Lipinski definition) is 2. The lowest BCUT2D eigenvalue weighted by Gasteiger charge is -2.00. The van der Waals surface area contributed by atoms with Crippen LogP contribution in [0.2, 0.25) is 0 Å². The number of carbonyl (C=O) groups is 1. The Morgan fingerprint density at radius 2 is 2.06 bits per heavy atom. The van der Waals surface area contributed by atoms with Crippen LogP contribution in [0.4, 0.5) is 0 Å². The van der Waals surface area contributed by atoms with Gasteiger partial charge in [-0.1, -0.05) is 5.18 Å². The minimum Gasteiger partial charge on any atom is -0.306 e. The molecule has 0 spiro atoms. The van der Waals surface area contributed by atoms with Gasteiger partial charge in [-0.3, -0.25) is 4.79 Å². The van der Waals surface area contributed by atoms with Gasteiger partial charge in [-0.15, -0.1) is 0 Å². The molecule has 0 saturated carbocycles. The van der Waals surface area contributed by atoms with E-state index in [1.165, 1.54) is 11.8 Å². The summed E-state index contributed by atoms with van der Waals surface area (Å²) in [5.74, 6) is 0.809. The second-order valence-electron chi connectivity index (χ2n) is 3.67. The number of imidazole rings is 1. The summed E-state index contributed by atoms with van der Waals surface area (Å²) in [5, 5.41) is 2.72. The largest absolute Gasteiger partial charge is 0.323 e. The Bertz CT molecular complexity index is 632. The van der Waals surface area contributed by atoms with Crippen molar-refractivity contribution in [1.29, 1.82) is 0 Å². The number of nitrogens with zero attached hydrogens (tertiary/aromatic N) is 1. The first kappa shape index (κ1) is 12.6. The van der Waals surface area contributed by atoms with Gasteiger partial charge in [0, 0.05) is 11.3 Å². The van der Waals surface area contributed by atoms with Crippen LogP contribution in [0, 0.1) is 4.91 Å². The van der Waals surface area contributed by atoms with E-state index in [0.29, 0.717) is 28.1 Å². The van der Waals surface area contributed by atoms with Crippen molar-refractivity contribution in [2.45, 2.75) is 0 Å². The fraction of sp³-hybridized carbons (Fsp3) is 0.273. The zero-order valence-corrected chi connectivity index (χ0v) is 10.3. The molecule has 18 heavy (non-hydrogen) atoms. The van der Waals surface area contributed by atoms with Crippen LogP contribution in [0.3, 0.4) is 0 Å². The second kappa shape index (κ2) is 5.63. The molecule has 0 aliphatic rings. The SMILES string of the molecule is O=NCCSCC(=O)c1ccc2[nH]c(=O)[nH]c2c1. The van der Waals surface area contributed by atoms with Crippen molar-refractivity contribution < 1.29 is 4.79 Å². The first-order chi connectivity index (χ1) is 8.70. The van der Waals surface area contributed by atoms with E-state index in [2.05, 4.69) is 15.1 Å². The van der Waals surface area contributed by atoms with Crippen molar-refractivity contribution in [3.8, 4) is 0 Å². The average Bonchev–Trinajstić information content (AvgIpc) is 2.73. The Balaban J connectivity index is 2.07. The summed E-state index contributed by atoms with van der Waals surface area (Å²) in [5.41, 5.74) is 1.55. The van der Waals surface area contributed by atoms with Crippen molar-refractivity contribution in [3.05, 3.63) is 39.2 Å². The summed E-state index contributed by atoms with van der Waals surface area (Å²) in [6.45, 7) is 0.210. The van der Waals surface area contributed by atoms with Gasteiger partial charge in [0.25, 0.3) is 0 Å². The van der Waals surface area contributed by atoms with E-state index in [-0.39, 0.29) is 18.0 Å². The summed E-state index contributed by atoms with van der Waals surface area (Å²) in [6, 6.07) is 5.01. The topological polar surface area (TPSA) is 95.2 Å². The molecule has 0 aliphatic heterocycles. The maximum absolute atomic E-state index is 11.8. The highest BCUT2D eigenvalue weighted by Crippen LogP contribution is 2.13. The molecule has 0 radical (unpaired) electrons. The molecule has 94 valence electrons. The maximum Gasteiger partial charge on any atom is 0.323 e. The number of aromatic amines is 2. The van der Waals surface area contributed by atoms with Gasteiger partial charge in [-0.05, 0) is 18.2 Å². The Morgan fingerprint density at radius 1 is 1.28 bits per heavy atom. The molecule has 1 heterocycles. The Morgan fingerprint density at radius 3 is 2.83 bits per heavy atom. The van der Waals surface area contributed by atoms with Gasteiger partial charge >= 0.3 is 5.69 Å². The molecule has 2 N–H and O–H groups in total. The molecule has 7 heteroatoms. The number of nitroso groups, excluding NO2 is 1. The van der Waals surface area contributed by atoms with E-state index in [1.807, 2.05) is 0 Å². The van der Waals surface area contributed by atoms with Crippen LogP contribution >= 0.6 is 11.8 Å². The molecule has 0 atom stereocenters. The van der Waals surface area contributed by atoms with Crippen LogP contribution in [0.15, 0.2) is 28.2 Å². The summed E-state index contributed by atoms with van der Waals surface area (Å²) >= 11 is 1.37. The average molecular weight is 265 g/mol. The number of nitrogens with one attached hydrogen (secondary N) is 2. The molecule has 1 aromatic carbocycles. The quantitative estimate of drug-likeness (QED) is 0.470. The van der Waals surface area contributed by atoms with Crippen molar-refractivity contribution in [3.63, 3.8) is 0 Å². The standard InChI is InChI=1S/C11H11N3O3S/c15-10(6-18-4-3-12-17)7-1-2-8-9(5-7)14-11(16)13-8/h1-2,5H,3-4,6H2,(H2,13,14,16). The number of Topliss-reactive ketones (excluding diaryl/α,β-unsaturated/α-hetero) is 1. The lowest BCUT2D eigenvalue weighted by Crippen LogP contribution is -2.03. The van der Waals surface area contributed by atoms with Crippen molar-refractivity contribution in [2.75, 3.05) is 18.1 Å². The van der Waals surface area contributed by atoms with Crippen molar-refractivity contribution in [2.24, 2.45) is 5.18 Å². The van der Waals surface area contributed by atoms with Crippen molar-refractivity contribution in [1.82, 2.24) is 9.97 Å². The number of ketones is 1. The molecule has 0 fully saturated rings. The second-order valence-corrected chi connectivity index (χ2v) is 4.77. The lowest BCUT2D eigenvalue weighted by atomic mass is 10.1. The fourth-order valence-corrected chi connectivity index (χ4v) is 2.26. The summed E-state index contributed by atoms with van der Waals surface area (Å²) in [4.78, 5) is 38.0. The van der Waals surface area contributed by atoms with Gasteiger partial charge in [0.1, 0.15) is 0 Å². The zero-order valence-electron chi connectivity index (χ0n) is 9.43. The Labute approximate surface area is 106 Å². The highest BCUT2D eigenvalue weighted by Gasteiger charge is 2.08. The number of aromatic nitrogens is 2. The first-order valence-electron chi connectivity index (χ1n) is 5.33. The third-order valence-corrected chi connectivity index (χ3v) is 3.34. The van der Waals surface area contributed by atoms with Gasteiger partial charge < -0.3 is 9.97 Å². The number of thioether (sulfide) groups is 1. The number of rotatable bonds is 6. The van der Waals surface area contributed by atoms with Gasteiger partial charge in [0.2, 0.25) is 0 Å². The van der Waals surface area contributed by atoms with Gasteiger partial charge in [0.15, 0.2) is 5.78 Å².